The van der Waals surface area contributed by atoms with Gasteiger partial charge in [-0.05, 0) is 46.2 Å². The maximum Gasteiger partial charge on any atom is 1.00 e. The van der Waals surface area contributed by atoms with E-state index in [0.29, 0.717) is 11.5 Å². The van der Waals surface area contributed by atoms with E-state index in [9.17, 15) is 9.46 Å². The fourth-order valence-corrected chi connectivity index (χ4v) is 3.13. The number of hydrogen-bond acceptors (Lipinski definition) is 5. The minimum atomic E-state index is -4.89. The molecule has 31 heavy (non-hydrogen) atoms. The van der Waals surface area contributed by atoms with E-state index in [2.05, 4.69) is 41.5 Å². The van der Waals surface area contributed by atoms with Gasteiger partial charge in [0, 0.05) is 0 Å². The second kappa shape index (κ2) is 11.5. The van der Waals surface area contributed by atoms with Crippen molar-refractivity contribution in [3.8, 4) is 11.5 Å². The summed E-state index contributed by atoms with van der Waals surface area (Å²) in [5.41, 5.74) is 2.25. The van der Waals surface area contributed by atoms with Crippen LogP contribution in [0.5, 0.6) is 11.5 Å². The first-order valence-corrected chi connectivity index (χ1v) is 12.1. The molecule has 0 amide bonds. The van der Waals surface area contributed by atoms with E-state index in [0.717, 1.165) is 11.1 Å². The summed E-state index contributed by atoms with van der Waals surface area (Å²) in [6.07, 6.45) is 0. The second-order valence-electron chi connectivity index (χ2n) is 8.69. The molecular weight excluding hydrogens is 453 g/mol. The van der Waals surface area contributed by atoms with Gasteiger partial charge in [0.25, 0.3) is 7.82 Å². The molecule has 2 aromatic rings. The van der Waals surface area contributed by atoms with Gasteiger partial charge in [0.05, 0.1) is 0 Å². The van der Waals surface area contributed by atoms with E-state index in [1.807, 2.05) is 24.3 Å². The Balaban J connectivity index is 0.00000135. The fraction of sp³-hybridized carbons (Fsp3) is 0.400. The van der Waals surface area contributed by atoms with E-state index >= 15 is 0 Å². The van der Waals surface area contributed by atoms with Crippen LogP contribution in [0.1, 0.15) is 52.7 Å². The molecule has 3 N–H and O–H groups in total. The van der Waals surface area contributed by atoms with Crippen LogP contribution in [0, 0.1) is 0 Å². The topological polar surface area (TPSA) is 136 Å². The van der Waals surface area contributed by atoms with Crippen molar-refractivity contribution in [1.82, 2.24) is 0 Å². The molecule has 0 heterocycles. The summed E-state index contributed by atoms with van der Waals surface area (Å²) < 4.78 is 31.3. The number of phosphoric ester groups is 1. The molecule has 0 aliphatic heterocycles. The summed E-state index contributed by atoms with van der Waals surface area (Å²) in [7, 11) is -9.14. The maximum atomic E-state index is 12.2. The monoisotopic (exact) mass is 482 g/mol. The molecule has 11 heteroatoms. The van der Waals surface area contributed by atoms with Crippen LogP contribution in [-0.2, 0) is 20.0 Å². The van der Waals surface area contributed by atoms with Gasteiger partial charge in [-0.2, -0.15) is 0 Å². The van der Waals surface area contributed by atoms with Crippen molar-refractivity contribution in [2.45, 2.75) is 52.4 Å². The average molecular weight is 482 g/mol. The molecule has 8 nitrogen and oxygen atoms in total. The smallest absolute Gasteiger partial charge is 0.756 e. The van der Waals surface area contributed by atoms with Gasteiger partial charge in [-0.15, -0.1) is 0 Å². The first-order valence-electron chi connectivity index (χ1n) is 9.06. The second-order valence-corrected chi connectivity index (χ2v) is 11.0. The third-order valence-corrected chi connectivity index (χ3v) is 4.77. The fourth-order valence-electron chi connectivity index (χ4n) is 2.32. The van der Waals surface area contributed by atoms with Crippen molar-refractivity contribution in [1.29, 1.82) is 0 Å². The van der Waals surface area contributed by atoms with Gasteiger partial charge in [0.1, 0.15) is 11.5 Å². The Morgan fingerprint density at radius 1 is 0.677 bits per heavy atom. The number of benzene rings is 2. The van der Waals surface area contributed by atoms with Gasteiger partial charge in [-0.1, -0.05) is 65.8 Å². The predicted molar refractivity (Wildman–Crippen MR) is 113 cm³/mol. The third kappa shape index (κ3) is 12.8. The van der Waals surface area contributed by atoms with Crippen LogP contribution in [0.4, 0.5) is 0 Å². The molecule has 0 saturated carbocycles. The van der Waals surface area contributed by atoms with Gasteiger partial charge >= 0.3 is 37.4 Å². The summed E-state index contributed by atoms with van der Waals surface area (Å²) in [5, 5.41) is 0. The summed E-state index contributed by atoms with van der Waals surface area (Å²) in [4.78, 5) is 32.9. The zero-order valence-corrected chi connectivity index (χ0v) is 22.7. The molecule has 0 radical (unpaired) electrons. The maximum absolute atomic E-state index is 12.2. The molecule has 0 spiro atoms. The Morgan fingerprint density at radius 3 is 1.10 bits per heavy atom. The molecule has 0 atom stereocenters. The molecule has 0 unspecified atom stereocenters. The first-order chi connectivity index (χ1) is 13.4. The molecule has 0 fully saturated rings. The predicted octanol–water partition coefficient (Wildman–Crippen LogP) is 1.28. The minimum Gasteiger partial charge on any atom is -0.756 e. The normalized spacial score (nSPS) is 12.2. The van der Waals surface area contributed by atoms with Crippen molar-refractivity contribution in [3.05, 3.63) is 59.7 Å². The zero-order chi connectivity index (χ0) is 23.4. The largest absolute Gasteiger partial charge is 1.00 e. The van der Waals surface area contributed by atoms with Crippen molar-refractivity contribution < 1.29 is 67.3 Å². The molecule has 2 rings (SSSR count). The van der Waals surface area contributed by atoms with E-state index < -0.39 is 15.6 Å². The Labute approximate surface area is 205 Å². The van der Waals surface area contributed by atoms with Crippen LogP contribution >= 0.6 is 15.6 Å². The van der Waals surface area contributed by atoms with E-state index in [1.54, 1.807) is 24.3 Å². The van der Waals surface area contributed by atoms with Gasteiger partial charge in [0.15, 0.2) is 0 Å². The van der Waals surface area contributed by atoms with Crippen LogP contribution in [-0.4, -0.2) is 14.7 Å². The number of phosphoric acid groups is 2. The summed E-state index contributed by atoms with van der Waals surface area (Å²) >= 11 is 0. The van der Waals surface area contributed by atoms with Crippen molar-refractivity contribution in [2.75, 3.05) is 0 Å². The zero-order valence-electron chi connectivity index (χ0n) is 18.9. The molecule has 0 saturated heterocycles. The molecule has 0 aromatic heterocycles. The van der Waals surface area contributed by atoms with Crippen LogP contribution in [0.15, 0.2) is 48.5 Å². The van der Waals surface area contributed by atoms with Gasteiger partial charge < -0.3 is 23.7 Å². The van der Waals surface area contributed by atoms with E-state index in [4.69, 9.17) is 28.3 Å². The third-order valence-electron chi connectivity index (χ3n) is 3.88. The average Bonchev–Trinajstić information content (AvgIpc) is 2.51. The number of hydrogen-bond donors (Lipinski definition) is 3. The standard InChI is InChI=1S/C20H27O4P.Na.H3O4P/c1-19(2,3)15-7-11-17(12-8-15)23-25(21,22)24-18-13-9-16(10-14-18)20(4,5)6;;1-5(2,3)4/h7-14H,1-6H3,(H,21,22);;(H3,1,2,3,4)/q;+1;/p-1. The summed E-state index contributed by atoms with van der Waals surface area (Å²) in [5.74, 6) is 0.593. The van der Waals surface area contributed by atoms with Gasteiger partial charge in [-0.25, -0.2) is 4.57 Å². The van der Waals surface area contributed by atoms with Crippen molar-refractivity contribution in [3.63, 3.8) is 0 Å². The number of rotatable bonds is 4. The van der Waals surface area contributed by atoms with Crippen molar-refractivity contribution in [2.24, 2.45) is 0 Å². The van der Waals surface area contributed by atoms with Crippen LogP contribution < -0.4 is 43.5 Å². The quantitative estimate of drug-likeness (QED) is 0.438. The Bertz CT molecular complexity index is 838. The molecule has 0 aliphatic carbocycles. The Kier molecular flexibility index (Phi) is 11.2. The van der Waals surface area contributed by atoms with E-state index in [1.165, 1.54) is 0 Å². The SMILES string of the molecule is CC(C)(C)c1ccc(OP(=O)(O)Oc2ccc(C(C)(C)C)cc2)cc1.O=P([O-])(O)O.[Na+]. The van der Waals surface area contributed by atoms with E-state index in [-0.39, 0.29) is 40.4 Å². The Hall–Kier alpha value is -0.660. The Morgan fingerprint density at radius 2 is 0.903 bits per heavy atom. The molecule has 0 aliphatic rings. The molecular formula is C20H29NaO8P2. The van der Waals surface area contributed by atoms with Crippen LogP contribution in [0.3, 0.4) is 0 Å². The van der Waals surface area contributed by atoms with Crippen LogP contribution in [0.25, 0.3) is 0 Å². The molecule has 2 aromatic carbocycles. The minimum absolute atomic E-state index is 0. The summed E-state index contributed by atoms with van der Waals surface area (Å²) in [6, 6.07) is 14.2. The molecule has 168 valence electrons. The van der Waals surface area contributed by atoms with Crippen LogP contribution in [0.2, 0.25) is 0 Å². The summed E-state index contributed by atoms with van der Waals surface area (Å²) in [6.45, 7) is 12.6. The first kappa shape index (κ1) is 30.3. The van der Waals surface area contributed by atoms with Gasteiger partial charge in [-0.3, -0.25) is 9.46 Å². The van der Waals surface area contributed by atoms with Crippen molar-refractivity contribution >= 4 is 15.6 Å². The molecule has 0 bridgehead atoms. The van der Waals surface area contributed by atoms with Gasteiger partial charge in [0.2, 0.25) is 0 Å².